The minimum absolute atomic E-state index is 0.307. The molecule has 8 heteroatoms. The molecule has 3 amide bonds. The molecule has 3 aromatic rings. The number of amides is 3. The third-order valence-corrected chi connectivity index (χ3v) is 3.66. The average molecular weight is 372 g/mol. The summed E-state index contributed by atoms with van der Waals surface area (Å²) in [4.78, 5) is 23.9. The van der Waals surface area contributed by atoms with E-state index in [1.54, 1.807) is 24.3 Å². The number of ether oxygens (including phenoxy) is 1. The number of urea groups is 1. The zero-order valence-corrected chi connectivity index (χ0v) is 14.1. The van der Waals surface area contributed by atoms with Crippen LogP contribution in [0.4, 0.5) is 19.3 Å². The lowest BCUT2D eigenvalue weighted by Crippen LogP contribution is -2.35. The Labute approximate surface area is 152 Å². The van der Waals surface area contributed by atoms with Crippen LogP contribution >= 0.6 is 0 Å². The lowest BCUT2D eigenvalue weighted by atomic mass is 10.1. The molecule has 0 spiro atoms. The van der Waals surface area contributed by atoms with Crippen LogP contribution in [0, 0.1) is 11.6 Å². The Morgan fingerprint density at radius 2 is 1.78 bits per heavy atom. The summed E-state index contributed by atoms with van der Waals surface area (Å²) in [6, 6.07) is 10.2. The Morgan fingerprint density at radius 3 is 2.41 bits per heavy atom. The predicted octanol–water partition coefficient (Wildman–Crippen LogP) is 4.20. The lowest BCUT2D eigenvalue weighted by molar-refractivity contribution is 0.0959. The fourth-order valence-corrected chi connectivity index (χ4v) is 2.45. The number of furan rings is 1. The van der Waals surface area contributed by atoms with Gasteiger partial charge in [-0.3, -0.25) is 10.1 Å². The van der Waals surface area contributed by atoms with Crippen LogP contribution in [-0.2, 0) is 0 Å². The van der Waals surface area contributed by atoms with Crippen LogP contribution in [0.1, 0.15) is 10.4 Å². The molecular formula is C19H14F2N2O4. The first-order chi connectivity index (χ1) is 13.0. The number of hydrogen-bond donors (Lipinski definition) is 2. The molecule has 0 fully saturated rings. The van der Waals surface area contributed by atoms with Crippen LogP contribution in [0.3, 0.4) is 0 Å². The van der Waals surface area contributed by atoms with Gasteiger partial charge in [0.25, 0.3) is 5.91 Å². The molecule has 6 nitrogen and oxygen atoms in total. The van der Waals surface area contributed by atoms with Crippen molar-refractivity contribution in [3.8, 4) is 17.1 Å². The zero-order chi connectivity index (χ0) is 19.4. The van der Waals surface area contributed by atoms with Crippen molar-refractivity contribution < 1.29 is 27.5 Å². The van der Waals surface area contributed by atoms with Crippen LogP contribution in [0.15, 0.2) is 59.2 Å². The smallest absolute Gasteiger partial charge is 0.326 e. The van der Waals surface area contributed by atoms with Gasteiger partial charge < -0.3 is 14.5 Å². The molecule has 0 atom stereocenters. The third kappa shape index (κ3) is 3.95. The van der Waals surface area contributed by atoms with E-state index < -0.39 is 29.1 Å². The van der Waals surface area contributed by atoms with Gasteiger partial charge in [-0.15, -0.1) is 0 Å². The Balaban J connectivity index is 1.73. The highest BCUT2D eigenvalue weighted by molar-refractivity contribution is 6.08. The predicted molar refractivity (Wildman–Crippen MR) is 93.5 cm³/mol. The fourth-order valence-electron chi connectivity index (χ4n) is 2.45. The number of carbonyl (C=O) groups excluding carboxylic acids is 2. The summed E-state index contributed by atoms with van der Waals surface area (Å²) in [5.41, 5.74) is 0.137. The van der Waals surface area contributed by atoms with Crippen molar-refractivity contribution in [2.75, 3.05) is 12.4 Å². The van der Waals surface area contributed by atoms with E-state index >= 15 is 0 Å². The number of hydrogen-bond acceptors (Lipinski definition) is 4. The largest absolute Gasteiger partial charge is 0.496 e. The second kappa shape index (κ2) is 7.69. The number of halogens is 2. The first kappa shape index (κ1) is 18.1. The first-order valence-corrected chi connectivity index (χ1v) is 7.78. The van der Waals surface area contributed by atoms with E-state index in [0.717, 1.165) is 18.2 Å². The average Bonchev–Trinajstić information content (AvgIpc) is 3.15. The van der Waals surface area contributed by atoms with E-state index in [4.69, 9.17) is 9.15 Å². The lowest BCUT2D eigenvalue weighted by Gasteiger charge is -2.11. The van der Waals surface area contributed by atoms with E-state index in [1.807, 2.05) is 5.32 Å². The van der Waals surface area contributed by atoms with Crippen LogP contribution in [0.2, 0.25) is 0 Å². The molecule has 27 heavy (non-hydrogen) atoms. The normalized spacial score (nSPS) is 10.3. The summed E-state index contributed by atoms with van der Waals surface area (Å²) in [6.07, 6.45) is 1.52. The standard InChI is InChI=1S/C19H14F2N2O4/c1-26-16-10-11(7-8-12(16)15-6-3-9-27-15)22-19(25)23-18(24)17-13(20)4-2-5-14(17)21/h2-10H,1H3,(H2,22,23,24,25). The Bertz CT molecular complexity index is 967. The molecule has 138 valence electrons. The molecule has 0 saturated carbocycles. The van der Waals surface area contributed by atoms with Gasteiger partial charge in [0.2, 0.25) is 0 Å². The molecule has 0 unspecified atom stereocenters. The topological polar surface area (TPSA) is 80.6 Å². The maximum Gasteiger partial charge on any atom is 0.326 e. The maximum atomic E-state index is 13.6. The Morgan fingerprint density at radius 1 is 1.04 bits per heavy atom. The fraction of sp³-hybridized carbons (Fsp3) is 0.0526. The second-order valence-electron chi connectivity index (χ2n) is 5.40. The molecular weight excluding hydrogens is 358 g/mol. The highest BCUT2D eigenvalue weighted by Crippen LogP contribution is 2.32. The second-order valence-corrected chi connectivity index (χ2v) is 5.40. The number of benzene rings is 2. The molecule has 2 N–H and O–H groups in total. The van der Waals surface area contributed by atoms with E-state index in [-0.39, 0.29) is 0 Å². The summed E-state index contributed by atoms with van der Waals surface area (Å²) in [6.45, 7) is 0. The number of carbonyl (C=O) groups is 2. The molecule has 0 radical (unpaired) electrons. The van der Waals surface area contributed by atoms with E-state index in [9.17, 15) is 18.4 Å². The monoisotopic (exact) mass is 372 g/mol. The van der Waals surface area contributed by atoms with Crippen molar-refractivity contribution in [2.24, 2.45) is 0 Å². The highest BCUT2D eigenvalue weighted by atomic mass is 19.1. The van der Waals surface area contributed by atoms with Gasteiger partial charge in [0.15, 0.2) is 0 Å². The quantitative estimate of drug-likeness (QED) is 0.719. The molecule has 1 heterocycles. The van der Waals surface area contributed by atoms with Crippen LogP contribution in [-0.4, -0.2) is 19.0 Å². The minimum Gasteiger partial charge on any atom is -0.496 e. The van der Waals surface area contributed by atoms with Gasteiger partial charge in [-0.2, -0.15) is 0 Å². The Hall–Kier alpha value is -3.68. The first-order valence-electron chi connectivity index (χ1n) is 7.78. The summed E-state index contributed by atoms with van der Waals surface area (Å²) >= 11 is 0. The minimum atomic E-state index is -1.19. The van der Waals surface area contributed by atoms with Gasteiger partial charge in [-0.1, -0.05) is 6.07 Å². The van der Waals surface area contributed by atoms with Gasteiger partial charge in [0.1, 0.15) is 28.7 Å². The van der Waals surface area contributed by atoms with Crippen LogP contribution in [0.5, 0.6) is 5.75 Å². The molecule has 0 aliphatic carbocycles. The third-order valence-electron chi connectivity index (χ3n) is 3.66. The van der Waals surface area contributed by atoms with Crippen LogP contribution < -0.4 is 15.4 Å². The van der Waals surface area contributed by atoms with Gasteiger partial charge in [0.05, 0.1) is 18.9 Å². The number of anilines is 1. The molecule has 1 aromatic heterocycles. The van der Waals surface area contributed by atoms with E-state index in [0.29, 0.717) is 22.8 Å². The van der Waals surface area contributed by atoms with Gasteiger partial charge >= 0.3 is 6.03 Å². The number of methoxy groups -OCH3 is 1. The van der Waals surface area contributed by atoms with Crippen molar-refractivity contribution >= 4 is 17.6 Å². The number of rotatable bonds is 4. The molecule has 0 saturated heterocycles. The van der Waals surface area contributed by atoms with E-state index in [1.165, 1.54) is 19.4 Å². The summed E-state index contributed by atoms with van der Waals surface area (Å²) in [5, 5.41) is 4.28. The molecule has 2 aromatic carbocycles. The zero-order valence-electron chi connectivity index (χ0n) is 14.1. The van der Waals surface area contributed by atoms with Crippen molar-refractivity contribution in [3.63, 3.8) is 0 Å². The summed E-state index contributed by atoms with van der Waals surface area (Å²) in [5.74, 6) is -2.32. The van der Waals surface area contributed by atoms with Crippen molar-refractivity contribution in [3.05, 3.63) is 72.0 Å². The number of nitrogens with one attached hydrogen (secondary N) is 2. The highest BCUT2D eigenvalue weighted by Gasteiger charge is 2.19. The molecule has 3 rings (SSSR count). The Kier molecular flexibility index (Phi) is 5.16. The van der Waals surface area contributed by atoms with Crippen molar-refractivity contribution in [1.82, 2.24) is 5.32 Å². The number of imide groups is 1. The molecule has 0 aliphatic rings. The van der Waals surface area contributed by atoms with Gasteiger partial charge in [-0.05, 0) is 36.4 Å². The van der Waals surface area contributed by atoms with Gasteiger partial charge in [-0.25, -0.2) is 13.6 Å². The summed E-state index contributed by atoms with van der Waals surface area (Å²) < 4.78 is 37.8. The molecule has 0 bridgehead atoms. The van der Waals surface area contributed by atoms with Crippen molar-refractivity contribution in [1.29, 1.82) is 0 Å². The summed E-state index contributed by atoms with van der Waals surface area (Å²) in [7, 11) is 1.45. The van der Waals surface area contributed by atoms with Crippen molar-refractivity contribution in [2.45, 2.75) is 0 Å². The van der Waals surface area contributed by atoms with Crippen LogP contribution in [0.25, 0.3) is 11.3 Å². The van der Waals surface area contributed by atoms with E-state index in [2.05, 4.69) is 5.32 Å². The SMILES string of the molecule is COc1cc(NC(=O)NC(=O)c2c(F)cccc2F)ccc1-c1ccco1. The molecule has 0 aliphatic heterocycles. The van der Waals surface area contributed by atoms with Gasteiger partial charge in [0, 0.05) is 11.8 Å². The maximum absolute atomic E-state index is 13.6.